The lowest BCUT2D eigenvalue weighted by atomic mass is 10.2. The van der Waals surface area contributed by atoms with Crippen LogP contribution in [0, 0.1) is 6.92 Å². The minimum absolute atomic E-state index is 0.0203. The van der Waals surface area contributed by atoms with Crippen LogP contribution in [0.3, 0.4) is 0 Å². The number of rotatable bonds is 8. The van der Waals surface area contributed by atoms with Gasteiger partial charge >= 0.3 is 0 Å². The van der Waals surface area contributed by atoms with Crippen LogP contribution >= 0.6 is 0 Å². The first-order chi connectivity index (χ1) is 12.1. The van der Waals surface area contributed by atoms with Crippen molar-refractivity contribution in [2.45, 2.75) is 33.1 Å². The average molecular weight is 340 g/mol. The van der Waals surface area contributed by atoms with E-state index in [4.69, 9.17) is 4.74 Å². The van der Waals surface area contributed by atoms with E-state index in [2.05, 4.69) is 10.6 Å². The van der Waals surface area contributed by atoms with Gasteiger partial charge in [-0.2, -0.15) is 0 Å². The Bertz CT molecular complexity index is 711. The van der Waals surface area contributed by atoms with Gasteiger partial charge in [0.2, 0.25) is 5.91 Å². The lowest BCUT2D eigenvalue weighted by Gasteiger charge is -2.10. The zero-order valence-corrected chi connectivity index (χ0v) is 14.7. The van der Waals surface area contributed by atoms with E-state index in [1.807, 2.05) is 38.1 Å². The molecule has 0 aliphatic rings. The second-order valence-corrected chi connectivity index (χ2v) is 5.88. The Balaban J connectivity index is 1.84. The standard InChI is InChI=1S/C20H24N2O3/c1-3-4-8-19(23)21-16-6-5-7-17(13-16)22-20(24)14-25-18-11-9-15(2)10-12-18/h5-7,9-13H,3-4,8,14H2,1-2H3,(H,21,23)(H,22,24). The summed E-state index contributed by atoms with van der Waals surface area (Å²) in [7, 11) is 0. The highest BCUT2D eigenvalue weighted by Gasteiger charge is 2.06. The lowest BCUT2D eigenvalue weighted by molar-refractivity contribution is -0.118. The largest absolute Gasteiger partial charge is 0.484 e. The summed E-state index contributed by atoms with van der Waals surface area (Å²) in [5, 5.41) is 5.60. The van der Waals surface area contributed by atoms with Gasteiger partial charge < -0.3 is 15.4 Å². The van der Waals surface area contributed by atoms with Crippen molar-refractivity contribution in [3.05, 3.63) is 54.1 Å². The number of benzene rings is 2. The molecule has 0 bridgehead atoms. The van der Waals surface area contributed by atoms with Crippen LogP contribution in [0.2, 0.25) is 0 Å². The Morgan fingerprint density at radius 1 is 0.960 bits per heavy atom. The van der Waals surface area contributed by atoms with Crippen molar-refractivity contribution in [2.75, 3.05) is 17.2 Å². The topological polar surface area (TPSA) is 67.4 Å². The molecule has 0 atom stereocenters. The van der Waals surface area contributed by atoms with E-state index in [1.54, 1.807) is 24.3 Å². The fraction of sp³-hybridized carbons (Fsp3) is 0.300. The number of ether oxygens (including phenoxy) is 1. The first-order valence-electron chi connectivity index (χ1n) is 8.46. The number of carbonyl (C=O) groups is 2. The number of hydrogen-bond donors (Lipinski definition) is 2. The molecule has 5 nitrogen and oxygen atoms in total. The molecule has 2 N–H and O–H groups in total. The number of carbonyl (C=O) groups excluding carboxylic acids is 2. The van der Waals surface area contributed by atoms with Crippen molar-refractivity contribution >= 4 is 23.2 Å². The van der Waals surface area contributed by atoms with Crippen LogP contribution in [0.15, 0.2) is 48.5 Å². The highest BCUT2D eigenvalue weighted by molar-refractivity contribution is 5.94. The third kappa shape index (κ3) is 6.67. The van der Waals surface area contributed by atoms with Crippen molar-refractivity contribution in [1.29, 1.82) is 0 Å². The molecule has 0 aliphatic heterocycles. The number of hydrogen-bond acceptors (Lipinski definition) is 3. The Morgan fingerprint density at radius 3 is 2.24 bits per heavy atom. The fourth-order valence-corrected chi connectivity index (χ4v) is 2.22. The first kappa shape index (κ1) is 18.5. The minimum Gasteiger partial charge on any atom is -0.484 e. The highest BCUT2D eigenvalue weighted by atomic mass is 16.5. The number of anilines is 2. The van der Waals surface area contributed by atoms with Gasteiger partial charge in [0.15, 0.2) is 6.61 Å². The summed E-state index contributed by atoms with van der Waals surface area (Å²) in [6, 6.07) is 14.6. The second-order valence-electron chi connectivity index (χ2n) is 5.88. The van der Waals surface area contributed by atoms with Crippen molar-refractivity contribution in [1.82, 2.24) is 0 Å². The Hall–Kier alpha value is -2.82. The van der Waals surface area contributed by atoms with Crippen LogP contribution < -0.4 is 15.4 Å². The SMILES string of the molecule is CCCCC(=O)Nc1cccc(NC(=O)COc2ccc(C)cc2)c1. The molecule has 2 amide bonds. The van der Waals surface area contributed by atoms with Gasteiger partial charge in [-0.15, -0.1) is 0 Å². The average Bonchev–Trinajstić information content (AvgIpc) is 2.60. The maximum Gasteiger partial charge on any atom is 0.262 e. The van der Waals surface area contributed by atoms with Crippen molar-refractivity contribution in [2.24, 2.45) is 0 Å². The summed E-state index contributed by atoms with van der Waals surface area (Å²) in [5.74, 6) is 0.376. The van der Waals surface area contributed by atoms with Gasteiger partial charge in [-0.3, -0.25) is 9.59 Å². The van der Waals surface area contributed by atoms with Crippen LogP contribution in [0.1, 0.15) is 31.7 Å². The third-order valence-corrected chi connectivity index (χ3v) is 3.58. The molecule has 0 aliphatic carbocycles. The molecule has 0 saturated heterocycles. The summed E-state index contributed by atoms with van der Waals surface area (Å²) in [4.78, 5) is 23.8. The summed E-state index contributed by atoms with van der Waals surface area (Å²) in [5.41, 5.74) is 2.42. The summed E-state index contributed by atoms with van der Waals surface area (Å²) in [6.07, 6.45) is 2.33. The first-order valence-corrected chi connectivity index (χ1v) is 8.46. The number of amides is 2. The number of aryl methyl sites for hydroxylation is 1. The molecule has 0 spiro atoms. The molecule has 2 rings (SSSR count). The predicted molar refractivity (Wildman–Crippen MR) is 99.9 cm³/mol. The summed E-state index contributed by atoms with van der Waals surface area (Å²) in [6.45, 7) is 3.96. The third-order valence-electron chi connectivity index (χ3n) is 3.58. The predicted octanol–water partition coefficient (Wildman–Crippen LogP) is 4.14. The molecule has 0 radical (unpaired) electrons. The lowest BCUT2D eigenvalue weighted by Crippen LogP contribution is -2.20. The zero-order chi connectivity index (χ0) is 18.1. The molecule has 2 aromatic carbocycles. The van der Waals surface area contributed by atoms with Gasteiger partial charge in [-0.25, -0.2) is 0 Å². The normalized spacial score (nSPS) is 10.2. The van der Waals surface area contributed by atoms with Gasteiger partial charge in [-0.05, 0) is 43.7 Å². The fourth-order valence-electron chi connectivity index (χ4n) is 2.22. The van der Waals surface area contributed by atoms with Crippen LogP contribution in [-0.4, -0.2) is 18.4 Å². The van der Waals surface area contributed by atoms with Crippen LogP contribution in [0.4, 0.5) is 11.4 Å². The van der Waals surface area contributed by atoms with E-state index < -0.39 is 0 Å². The molecule has 0 heterocycles. The molecule has 0 fully saturated rings. The Labute approximate surface area is 148 Å². The maximum atomic E-state index is 12.0. The molecule has 0 unspecified atom stereocenters. The van der Waals surface area contributed by atoms with Gasteiger partial charge in [0, 0.05) is 17.8 Å². The van der Waals surface area contributed by atoms with Crippen LogP contribution in [0.5, 0.6) is 5.75 Å². The van der Waals surface area contributed by atoms with Gasteiger partial charge in [-0.1, -0.05) is 37.1 Å². The van der Waals surface area contributed by atoms with Gasteiger partial charge in [0.05, 0.1) is 0 Å². The maximum absolute atomic E-state index is 12.0. The molecule has 0 aromatic heterocycles. The van der Waals surface area contributed by atoms with Gasteiger partial charge in [0.1, 0.15) is 5.75 Å². The van der Waals surface area contributed by atoms with E-state index in [0.29, 0.717) is 23.5 Å². The number of nitrogens with one attached hydrogen (secondary N) is 2. The van der Waals surface area contributed by atoms with E-state index in [9.17, 15) is 9.59 Å². The zero-order valence-electron chi connectivity index (χ0n) is 14.7. The van der Waals surface area contributed by atoms with Gasteiger partial charge in [0.25, 0.3) is 5.91 Å². The molecular formula is C20H24N2O3. The van der Waals surface area contributed by atoms with Crippen molar-refractivity contribution in [3.8, 4) is 5.75 Å². The van der Waals surface area contributed by atoms with Crippen molar-refractivity contribution < 1.29 is 14.3 Å². The molecular weight excluding hydrogens is 316 g/mol. The molecule has 25 heavy (non-hydrogen) atoms. The van der Waals surface area contributed by atoms with Crippen LogP contribution in [0.25, 0.3) is 0 Å². The molecule has 132 valence electrons. The van der Waals surface area contributed by atoms with E-state index in [0.717, 1.165) is 18.4 Å². The van der Waals surface area contributed by atoms with Crippen molar-refractivity contribution in [3.63, 3.8) is 0 Å². The van der Waals surface area contributed by atoms with E-state index in [-0.39, 0.29) is 18.4 Å². The number of unbranched alkanes of at least 4 members (excludes halogenated alkanes) is 1. The highest BCUT2D eigenvalue weighted by Crippen LogP contribution is 2.16. The molecule has 5 heteroatoms. The monoisotopic (exact) mass is 340 g/mol. The summed E-state index contributed by atoms with van der Waals surface area (Å²) >= 11 is 0. The molecule has 0 saturated carbocycles. The summed E-state index contributed by atoms with van der Waals surface area (Å²) < 4.78 is 5.45. The minimum atomic E-state index is -0.255. The van der Waals surface area contributed by atoms with E-state index >= 15 is 0 Å². The Kier molecular flexibility index (Phi) is 7.01. The quantitative estimate of drug-likeness (QED) is 0.759. The van der Waals surface area contributed by atoms with E-state index in [1.165, 1.54) is 0 Å². The smallest absolute Gasteiger partial charge is 0.262 e. The van der Waals surface area contributed by atoms with Crippen LogP contribution in [-0.2, 0) is 9.59 Å². The molecule has 2 aromatic rings. The Morgan fingerprint density at radius 2 is 1.60 bits per heavy atom. The second kappa shape index (κ2) is 9.47.